The summed E-state index contributed by atoms with van der Waals surface area (Å²) >= 11 is 0. The lowest BCUT2D eigenvalue weighted by atomic mass is 9.61. The van der Waals surface area contributed by atoms with E-state index in [1.807, 2.05) is 84.9 Å². The number of anilines is 6. The van der Waals surface area contributed by atoms with E-state index in [0.29, 0.717) is 33.6 Å². The molecule has 0 radical (unpaired) electrons. The van der Waals surface area contributed by atoms with Crippen molar-refractivity contribution < 1.29 is 0 Å². The summed E-state index contributed by atoms with van der Waals surface area (Å²) in [5.74, 6) is 0. The fourth-order valence-corrected chi connectivity index (χ4v) is 10.1. The van der Waals surface area contributed by atoms with E-state index < -0.39 is 5.41 Å². The van der Waals surface area contributed by atoms with Crippen molar-refractivity contribution in [1.29, 1.82) is 21.0 Å². The number of fused-ring (bicyclic) bond motifs is 9. The first-order chi connectivity index (χ1) is 31.1. The summed E-state index contributed by atoms with van der Waals surface area (Å²) in [4.78, 5) is 4.18. The van der Waals surface area contributed by atoms with E-state index >= 15 is 0 Å². The molecule has 0 saturated heterocycles. The van der Waals surface area contributed by atoms with Gasteiger partial charge < -0.3 is 9.80 Å². The van der Waals surface area contributed by atoms with Crippen LogP contribution in [0.3, 0.4) is 0 Å². The quantitative estimate of drug-likeness (QED) is 0.166. The van der Waals surface area contributed by atoms with E-state index in [1.165, 1.54) is 0 Å². The molecule has 0 amide bonds. The van der Waals surface area contributed by atoms with Crippen molar-refractivity contribution in [2.24, 2.45) is 0 Å². The molecule has 2 aliphatic carbocycles. The van der Waals surface area contributed by atoms with Crippen molar-refractivity contribution in [3.05, 3.63) is 239 Å². The van der Waals surface area contributed by atoms with E-state index in [9.17, 15) is 21.0 Å². The summed E-state index contributed by atoms with van der Waals surface area (Å²) in [6, 6.07) is 74.5. The topological polar surface area (TPSA) is 102 Å². The van der Waals surface area contributed by atoms with Crippen molar-refractivity contribution >= 4 is 44.9 Å². The zero-order valence-corrected chi connectivity index (χ0v) is 33.7. The molecule has 1 spiro atoms. The Morgan fingerprint density at radius 2 is 0.825 bits per heavy atom. The van der Waals surface area contributed by atoms with Gasteiger partial charge in [0.1, 0.15) is 12.1 Å². The first-order valence-electron chi connectivity index (χ1n) is 20.6. The van der Waals surface area contributed by atoms with Gasteiger partial charge in [-0.15, -0.1) is 0 Å². The lowest BCUT2D eigenvalue weighted by Crippen LogP contribution is -2.32. The van der Waals surface area contributed by atoms with Crippen molar-refractivity contribution in [2.75, 3.05) is 9.80 Å². The van der Waals surface area contributed by atoms with Gasteiger partial charge in [0.25, 0.3) is 0 Å². The van der Waals surface area contributed by atoms with Crippen molar-refractivity contribution in [2.45, 2.75) is 5.41 Å². The maximum Gasteiger partial charge on any atom is 0.101 e. The number of hydrogen-bond donors (Lipinski definition) is 0. The van der Waals surface area contributed by atoms with Crippen LogP contribution in [0.25, 0.3) is 33.0 Å². The highest BCUT2D eigenvalue weighted by Crippen LogP contribution is 2.63. The van der Waals surface area contributed by atoms with E-state index in [1.54, 1.807) is 12.1 Å². The van der Waals surface area contributed by atoms with Crippen LogP contribution in [0.2, 0.25) is 0 Å². The second-order valence-corrected chi connectivity index (χ2v) is 15.7. The molecular formula is C57H32N6. The van der Waals surface area contributed by atoms with Gasteiger partial charge in [-0.05, 0) is 129 Å². The van der Waals surface area contributed by atoms with E-state index in [2.05, 4.69) is 131 Å². The molecule has 0 atom stereocenters. The second kappa shape index (κ2) is 14.5. The third kappa shape index (κ3) is 5.40. The molecule has 0 fully saturated rings. The minimum absolute atomic E-state index is 0.509. The first kappa shape index (κ1) is 36.8. The lowest BCUT2D eigenvalue weighted by molar-refractivity contribution is 0.773. The Labute approximate surface area is 364 Å². The third-order valence-electron chi connectivity index (χ3n) is 12.6. The molecule has 0 heterocycles. The van der Waals surface area contributed by atoms with Crippen LogP contribution >= 0.6 is 0 Å². The number of hydrogen-bond acceptors (Lipinski definition) is 6. The summed E-state index contributed by atoms with van der Waals surface area (Å²) in [6.07, 6.45) is 0. The fourth-order valence-electron chi connectivity index (χ4n) is 10.1. The van der Waals surface area contributed by atoms with E-state index in [-0.39, 0.29) is 0 Å². The Hall–Kier alpha value is -9.20. The average molecular weight is 801 g/mol. The molecular weight excluding hydrogens is 769 g/mol. The fraction of sp³-hybridized carbons (Fsp3) is 0.0175. The lowest BCUT2D eigenvalue weighted by Gasteiger charge is -2.41. The highest BCUT2D eigenvalue weighted by molar-refractivity contribution is 6.13. The number of nitrogens with zero attached hydrogens (tertiary/aromatic N) is 6. The Morgan fingerprint density at radius 1 is 0.333 bits per heavy atom. The number of para-hydroxylation sites is 2. The maximum absolute atomic E-state index is 10.4. The van der Waals surface area contributed by atoms with Crippen LogP contribution in [0.5, 0.6) is 0 Å². The van der Waals surface area contributed by atoms with Crippen LogP contribution in [-0.2, 0) is 5.41 Å². The minimum atomic E-state index is -0.783. The van der Waals surface area contributed by atoms with Crippen LogP contribution in [-0.4, -0.2) is 0 Å². The Morgan fingerprint density at radius 3 is 1.44 bits per heavy atom. The standard InChI is InChI=1S/C57H32N6/c58-33-37-12-9-16-41(30-37)62(53-24-7-1-14-39(53)35-60)43-26-27-46-47-28-29-55(63(42-17-10-13-38(31-42)34-59)54-25-8-2-15-40(54)36-61)48-20-11-23-51(56(47)48)57(52(46)32-43)49-21-5-3-18-44(49)45-19-4-6-22-50(45)57/h1-32H. The molecule has 2 aliphatic rings. The van der Waals surface area contributed by atoms with E-state index in [4.69, 9.17) is 0 Å². The van der Waals surface area contributed by atoms with Crippen molar-refractivity contribution in [1.82, 2.24) is 0 Å². The molecule has 6 nitrogen and oxygen atoms in total. The van der Waals surface area contributed by atoms with Crippen molar-refractivity contribution in [3.63, 3.8) is 0 Å². The van der Waals surface area contributed by atoms with Crippen LogP contribution in [0.4, 0.5) is 34.1 Å². The normalized spacial score (nSPS) is 12.2. The van der Waals surface area contributed by atoms with E-state index in [0.717, 1.165) is 78.0 Å². The molecule has 0 N–H and O–H groups in total. The van der Waals surface area contributed by atoms with Gasteiger partial charge in [0.2, 0.25) is 0 Å². The number of benzene rings is 9. The summed E-state index contributed by atoms with van der Waals surface area (Å²) < 4.78 is 0. The van der Waals surface area contributed by atoms with Gasteiger partial charge >= 0.3 is 0 Å². The Bertz CT molecular complexity index is 3510. The summed E-state index contributed by atoms with van der Waals surface area (Å²) in [5, 5.41) is 43.0. The van der Waals surface area contributed by atoms with Gasteiger partial charge in [-0.1, -0.05) is 115 Å². The molecule has 6 heteroatoms. The molecule has 63 heavy (non-hydrogen) atoms. The molecule has 290 valence electrons. The zero-order chi connectivity index (χ0) is 42.7. The summed E-state index contributed by atoms with van der Waals surface area (Å²) in [7, 11) is 0. The molecule has 9 aromatic carbocycles. The van der Waals surface area contributed by atoms with Gasteiger partial charge in [-0.25, -0.2) is 0 Å². The van der Waals surface area contributed by atoms with Gasteiger partial charge in [0.05, 0.1) is 56.9 Å². The molecule has 0 saturated carbocycles. The maximum atomic E-state index is 10.4. The van der Waals surface area contributed by atoms with Gasteiger partial charge in [-0.2, -0.15) is 21.0 Å². The van der Waals surface area contributed by atoms with Gasteiger partial charge in [0, 0.05) is 22.4 Å². The Balaban J connectivity index is 1.26. The SMILES string of the molecule is N#Cc1cccc(N(c2ccc3c(c2)C2(c4ccccc4-c4ccccc42)c2cccc4c(N(c5cccc(C#N)c5)c5ccccc5C#N)ccc-3c24)c2ccccc2C#N)c1. The summed E-state index contributed by atoms with van der Waals surface area (Å²) in [5.41, 5.74) is 14.9. The highest BCUT2D eigenvalue weighted by atomic mass is 15.2. The highest BCUT2D eigenvalue weighted by Gasteiger charge is 2.50. The molecule has 0 unspecified atom stereocenters. The smallest absolute Gasteiger partial charge is 0.101 e. The second-order valence-electron chi connectivity index (χ2n) is 15.7. The zero-order valence-electron chi connectivity index (χ0n) is 33.7. The largest absolute Gasteiger partial charge is 0.309 e. The average Bonchev–Trinajstić information content (AvgIpc) is 3.64. The van der Waals surface area contributed by atoms with Crippen LogP contribution < -0.4 is 9.80 Å². The predicted octanol–water partition coefficient (Wildman–Crippen LogP) is 13.6. The summed E-state index contributed by atoms with van der Waals surface area (Å²) in [6.45, 7) is 0. The molecule has 0 aliphatic heterocycles. The van der Waals surface area contributed by atoms with Crippen LogP contribution in [0, 0.1) is 45.3 Å². The molecule has 11 rings (SSSR count). The molecule has 9 aromatic rings. The van der Waals surface area contributed by atoms with Crippen LogP contribution in [0.1, 0.15) is 44.5 Å². The number of nitriles is 4. The predicted molar refractivity (Wildman–Crippen MR) is 248 cm³/mol. The first-order valence-corrected chi connectivity index (χ1v) is 20.6. The van der Waals surface area contributed by atoms with Gasteiger partial charge in [-0.3, -0.25) is 0 Å². The Kier molecular flexibility index (Phi) is 8.49. The molecule has 0 aromatic heterocycles. The number of rotatable bonds is 6. The minimum Gasteiger partial charge on any atom is -0.309 e. The van der Waals surface area contributed by atoms with Crippen molar-refractivity contribution in [3.8, 4) is 46.5 Å². The molecule has 0 bridgehead atoms. The monoisotopic (exact) mass is 800 g/mol. The van der Waals surface area contributed by atoms with Crippen LogP contribution in [0.15, 0.2) is 194 Å². The van der Waals surface area contributed by atoms with Gasteiger partial charge in [0.15, 0.2) is 0 Å². The third-order valence-corrected chi connectivity index (χ3v) is 12.6.